The molecule has 0 saturated carbocycles. The van der Waals surface area contributed by atoms with Gasteiger partial charge in [-0.1, -0.05) is 170 Å². The van der Waals surface area contributed by atoms with E-state index in [9.17, 15) is 0 Å². The molecule has 11 rings (SSSR count). The summed E-state index contributed by atoms with van der Waals surface area (Å²) in [4.78, 5) is 2.37. The van der Waals surface area contributed by atoms with Crippen molar-refractivity contribution in [1.82, 2.24) is 0 Å². The van der Waals surface area contributed by atoms with Gasteiger partial charge in [0.15, 0.2) is 8.07 Å². The maximum atomic E-state index is 6.66. The van der Waals surface area contributed by atoms with Gasteiger partial charge in [-0.15, -0.1) is 0 Å². The first-order valence-electron chi connectivity index (χ1n) is 19.8. The first-order chi connectivity index (χ1) is 28.8. The lowest BCUT2D eigenvalue weighted by Gasteiger charge is -2.35. The molecule has 58 heavy (non-hydrogen) atoms. The van der Waals surface area contributed by atoms with Gasteiger partial charge in [-0.05, 0) is 80.4 Å². The Kier molecular flexibility index (Phi) is 8.16. The molecule has 0 fully saturated rings. The fourth-order valence-electron chi connectivity index (χ4n) is 9.10. The quantitative estimate of drug-likeness (QED) is 0.114. The summed E-state index contributed by atoms with van der Waals surface area (Å²) >= 11 is 0. The molecule has 2 aromatic heterocycles. The Balaban J connectivity index is 1.17. The number of hydrogen-bond acceptors (Lipinski definition) is 3. The maximum Gasteiger partial charge on any atom is 0.179 e. The normalized spacial score (nSPS) is 11.8. The van der Waals surface area contributed by atoms with Gasteiger partial charge in [-0.3, -0.25) is 0 Å². The van der Waals surface area contributed by atoms with E-state index in [1.165, 1.54) is 20.7 Å². The molecular formula is C54H37NO2Si. The van der Waals surface area contributed by atoms with Gasteiger partial charge in [-0.25, -0.2) is 0 Å². The van der Waals surface area contributed by atoms with Crippen LogP contribution in [0.5, 0.6) is 0 Å². The van der Waals surface area contributed by atoms with Crippen molar-refractivity contribution in [2.45, 2.75) is 0 Å². The van der Waals surface area contributed by atoms with E-state index in [2.05, 4.69) is 217 Å². The highest BCUT2D eigenvalue weighted by atomic mass is 28.3. The van der Waals surface area contributed by atoms with Gasteiger partial charge < -0.3 is 13.7 Å². The molecule has 0 aliphatic carbocycles. The minimum absolute atomic E-state index is 0.839. The summed E-state index contributed by atoms with van der Waals surface area (Å²) in [6.45, 7) is 0. The summed E-state index contributed by atoms with van der Waals surface area (Å²) in [5, 5.41) is 9.70. The van der Waals surface area contributed by atoms with E-state index >= 15 is 0 Å². The van der Waals surface area contributed by atoms with Gasteiger partial charge in [0.2, 0.25) is 0 Å². The molecule has 0 spiro atoms. The second-order valence-corrected chi connectivity index (χ2v) is 18.6. The van der Waals surface area contributed by atoms with Crippen molar-refractivity contribution >= 4 is 89.8 Å². The molecule has 0 amide bonds. The van der Waals surface area contributed by atoms with E-state index in [1.807, 2.05) is 12.1 Å². The number of hydrogen-bond donors (Lipinski definition) is 0. The summed E-state index contributed by atoms with van der Waals surface area (Å²) in [6, 6.07) is 80.8. The van der Waals surface area contributed by atoms with Crippen LogP contribution in [0.3, 0.4) is 0 Å². The van der Waals surface area contributed by atoms with E-state index in [0.29, 0.717) is 0 Å². The smallest absolute Gasteiger partial charge is 0.179 e. The fourth-order valence-corrected chi connectivity index (χ4v) is 13.8. The zero-order chi connectivity index (χ0) is 38.5. The Morgan fingerprint density at radius 1 is 0.328 bits per heavy atom. The lowest BCUT2D eigenvalue weighted by molar-refractivity contribution is 0.669. The van der Waals surface area contributed by atoms with Gasteiger partial charge >= 0.3 is 0 Å². The van der Waals surface area contributed by atoms with Gasteiger partial charge in [0.1, 0.15) is 22.3 Å². The maximum absolute atomic E-state index is 6.66. The highest BCUT2D eigenvalue weighted by Gasteiger charge is 2.41. The van der Waals surface area contributed by atoms with Crippen molar-refractivity contribution in [3.05, 3.63) is 224 Å². The van der Waals surface area contributed by atoms with Crippen LogP contribution in [0.2, 0.25) is 0 Å². The van der Waals surface area contributed by atoms with Crippen LogP contribution in [-0.4, -0.2) is 8.07 Å². The molecular weight excluding hydrogens is 723 g/mol. The third kappa shape index (κ3) is 5.41. The molecule has 11 aromatic rings. The van der Waals surface area contributed by atoms with Crippen LogP contribution < -0.4 is 25.6 Å². The number of fused-ring (bicyclic) bond motifs is 6. The largest absolute Gasteiger partial charge is 0.456 e. The third-order valence-electron chi connectivity index (χ3n) is 11.6. The number of anilines is 3. The molecule has 0 aliphatic rings. The van der Waals surface area contributed by atoms with Crippen LogP contribution >= 0.6 is 0 Å². The number of rotatable bonds is 8. The van der Waals surface area contributed by atoms with Gasteiger partial charge in [0.05, 0.1) is 11.1 Å². The second-order valence-electron chi connectivity index (χ2n) is 14.8. The van der Waals surface area contributed by atoms with Crippen molar-refractivity contribution in [3.63, 3.8) is 0 Å². The molecule has 9 aromatic carbocycles. The van der Waals surface area contributed by atoms with Gasteiger partial charge in [0.25, 0.3) is 0 Å². The molecule has 0 N–H and O–H groups in total. The van der Waals surface area contributed by atoms with E-state index < -0.39 is 8.07 Å². The lowest BCUT2D eigenvalue weighted by atomic mass is 9.98. The van der Waals surface area contributed by atoms with E-state index in [1.54, 1.807) is 0 Å². The zero-order valence-corrected chi connectivity index (χ0v) is 32.6. The fraction of sp³-hybridized carbons (Fsp3) is 0. The summed E-state index contributed by atoms with van der Waals surface area (Å²) in [5.74, 6) is 0. The Morgan fingerprint density at radius 3 is 1.47 bits per heavy atom. The topological polar surface area (TPSA) is 29.5 Å². The minimum Gasteiger partial charge on any atom is -0.456 e. The predicted molar refractivity (Wildman–Crippen MR) is 245 cm³/mol. The van der Waals surface area contributed by atoms with Crippen molar-refractivity contribution < 1.29 is 8.83 Å². The lowest BCUT2D eigenvalue weighted by Crippen LogP contribution is -2.74. The summed E-state index contributed by atoms with van der Waals surface area (Å²) in [6.07, 6.45) is 0. The number of furan rings is 2. The monoisotopic (exact) mass is 759 g/mol. The number of benzene rings is 9. The van der Waals surface area contributed by atoms with E-state index in [4.69, 9.17) is 8.83 Å². The molecule has 0 saturated heterocycles. The second kappa shape index (κ2) is 14.0. The molecule has 0 unspecified atom stereocenters. The van der Waals surface area contributed by atoms with Crippen LogP contribution in [0.25, 0.3) is 55.0 Å². The summed E-state index contributed by atoms with van der Waals surface area (Å²) in [7, 11) is -2.73. The molecule has 3 nitrogen and oxygen atoms in total. The Bertz CT molecular complexity index is 3110. The van der Waals surface area contributed by atoms with Crippen LogP contribution in [0.15, 0.2) is 233 Å². The minimum atomic E-state index is -2.73. The van der Waals surface area contributed by atoms with Crippen molar-refractivity contribution in [2.75, 3.05) is 4.90 Å². The van der Waals surface area contributed by atoms with Crippen molar-refractivity contribution in [3.8, 4) is 11.1 Å². The summed E-state index contributed by atoms with van der Waals surface area (Å²) < 4.78 is 13.2. The van der Waals surface area contributed by atoms with Crippen LogP contribution in [0, 0.1) is 0 Å². The standard InChI is InChI=1S/C54H37NO2Si/c1-5-17-38(18-6-1)45-26-15-29-50-53(45)54-48(27-16-30-51(54)57-50)55(40-33-36-47-46-25-13-14-28-49(46)56-52(47)37-40)39-31-34-44(35-32-39)58(41-19-7-2-8-20-41,42-21-9-3-10-22-42)43-23-11-4-12-24-43/h1-37H. The highest BCUT2D eigenvalue weighted by Crippen LogP contribution is 2.46. The van der Waals surface area contributed by atoms with E-state index in [-0.39, 0.29) is 0 Å². The van der Waals surface area contributed by atoms with Crippen LogP contribution in [0.1, 0.15) is 0 Å². The van der Waals surface area contributed by atoms with Crippen LogP contribution in [0.4, 0.5) is 17.1 Å². The van der Waals surface area contributed by atoms with Crippen molar-refractivity contribution in [2.24, 2.45) is 0 Å². The first-order valence-corrected chi connectivity index (χ1v) is 21.8. The molecule has 2 heterocycles. The molecule has 0 atom stereocenters. The molecule has 274 valence electrons. The zero-order valence-electron chi connectivity index (χ0n) is 31.6. The molecule has 4 heteroatoms. The SMILES string of the molecule is c1ccc(-c2cccc3oc4cccc(N(c5ccc([Si](c6ccccc6)(c6ccccc6)c6ccccc6)cc5)c5ccc6c(c5)oc5ccccc56)c4c23)cc1. The molecule has 0 radical (unpaired) electrons. The molecule has 0 bridgehead atoms. The Morgan fingerprint density at radius 2 is 0.810 bits per heavy atom. The number of para-hydroxylation sites is 1. The van der Waals surface area contributed by atoms with Crippen molar-refractivity contribution in [1.29, 1.82) is 0 Å². The molecule has 0 aliphatic heterocycles. The average Bonchev–Trinajstić information content (AvgIpc) is 3.87. The third-order valence-corrected chi connectivity index (χ3v) is 16.4. The Hall–Kier alpha value is -7.40. The highest BCUT2D eigenvalue weighted by molar-refractivity contribution is 7.19. The Labute approximate surface area is 337 Å². The van der Waals surface area contributed by atoms with Crippen LogP contribution in [-0.2, 0) is 0 Å². The van der Waals surface area contributed by atoms with Gasteiger partial charge in [-0.2, -0.15) is 0 Å². The summed E-state index contributed by atoms with van der Waals surface area (Å²) in [5.41, 5.74) is 8.77. The number of nitrogens with zero attached hydrogens (tertiary/aromatic N) is 1. The predicted octanol–water partition coefficient (Wildman–Crippen LogP) is 12.0. The first kappa shape index (κ1) is 33.9. The van der Waals surface area contributed by atoms with E-state index in [0.717, 1.165) is 72.1 Å². The average molecular weight is 760 g/mol. The van der Waals surface area contributed by atoms with Gasteiger partial charge in [0, 0.05) is 33.6 Å².